The molecule has 1 atom stereocenters. The number of nitrogens with zero attached hydrogens (tertiary/aromatic N) is 1. The lowest BCUT2D eigenvalue weighted by atomic mass is 10.2. The van der Waals surface area contributed by atoms with Crippen molar-refractivity contribution in [2.45, 2.75) is 33.2 Å². The van der Waals surface area contributed by atoms with Crippen molar-refractivity contribution in [3.63, 3.8) is 0 Å². The van der Waals surface area contributed by atoms with Gasteiger partial charge in [0.2, 0.25) is 0 Å². The van der Waals surface area contributed by atoms with Crippen molar-refractivity contribution in [3.8, 4) is 9.88 Å². The minimum absolute atomic E-state index is 0.384. The summed E-state index contributed by atoms with van der Waals surface area (Å²) in [6, 6.07) is 2.46. The van der Waals surface area contributed by atoms with Crippen LogP contribution < -0.4 is 5.32 Å². The maximum atomic E-state index is 4.70. The molecule has 0 bridgehead atoms. The normalized spacial score (nSPS) is 12.9. The number of rotatable bonds is 5. The van der Waals surface area contributed by atoms with Gasteiger partial charge in [0.1, 0.15) is 5.01 Å². The average Bonchev–Trinajstić information content (AvgIpc) is 2.92. The van der Waals surface area contributed by atoms with Crippen molar-refractivity contribution in [2.24, 2.45) is 0 Å². The van der Waals surface area contributed by atoms with Gasteiger partial charge in [0, 0.05) is 15.4 Å². The van der Waals surface area contributed by atoms with Crippen molar-refractivity contribution in [2.75, 3.05) is 6.54 Å². The third-order valence-electron chi connectivity index (χ3n) is 2.74. The van der Waals surface area contributed by atoms with E-state index >= 15 is 0 Å². The van der Waals surface area contributed by atoms with E-state index in [1.165, 1.54) is 9.75 Å². The molecule has 2 aromatic rings. The summed E-state index contributed by atoms with van der Waals surface area (Å²) in [5.41, 5.74) is 1.14. The SMILES string of the molecule is CCCNC(C)c1sc(-c2sccc2Br)nc1C. The fourth-order valence-electron chi connectivity index (χ4n) is 1.81. The number of hydrogen-bond donors (Lipinski definition) is 1. The molecule has 2 aromatic heterocycles. The van der Waals surface area contributed by atoms with Gasteiger partial charge in [0.15, 0.2) is 0 Å². The quantitative estimate of drug-likeness (QED) is 0.825. The van der Waals surface area contributed by atoms with Crippen LogP contribution in [0.5, 0.6) is 0 Å². The van der Waals surface area contributed by atoms with Crippen LogP contribution in [-0.2, 0) is 0 Å². The predicted molar refractivity (Wildman–Crippen MR) is 84.6 cm³/mol. The Morgan fingerprint density at radius 1 is 1.50 bits per heavy atom. The molecule has 0 amide bonds. The van der Waals surface area contributed by atoms with Crippen molar-refractivity contribution in [3.05, 3.63) is 26.5 Å². The summed E-state index contributed by atoms with van der Waals surface area (Å²) in [5, 5.41) is 6.74. The third-order valence-corrected chi connectivity index (χ3v) is 6.07. The van der Waals surface area contributed by atoms with Crippen LogP contribution in [0.4, 0.5) is 0 Å². The van der Waals surface area contributed by atoms with E-state index < -0.39 is 0 Å². The molecule has 1 N–H and O–H groups in total. The fourth-order valence-corrected chi connectivity index (χ4v) is 4.70. The number of aromatic nitrogens is 1. The van der Waals surface area contributed by atoms with Crippen molar-refractivity contribution in [1.82, 2.24) is 10.3 Å². The van der Waals surface area contributed by atoms with Gasteiger partial charge in [-0.15, -0.1) is 22.7 Å². The molecule has 0 aliphatic rings. The van der Waals surface area contributed by atoms with E-state index in [0.717, 1.165) is 28.1 Å². The molecule has 2 rings (SSSR count). The number of thiazole rings is 1. The lowest BCUT2D eigenvalue weighted by Gasteiger charge is -2.11. The van der Waals surface area contributed by atoms with Gasteiger partial charge in [-0.05, 0) is 54.2 Å². The highest BCUT2D eigenvalue weighted by atomic mass is 79.9. The first kappa shape index (κ1) is 14.2. The molecule has 0 aromatic carbocycles. The highest BCUT2D eigenvalue weighted by Crippen LogP contribution is 2.38. The summed E-state index contributed by atoms with van der Waals surface area (Å²) in [6.45, 7) is 7.55. The Kier molecular flexibility index (Phi) is 4.95. The van der Waals surface area contributed by atoms with Crippen LogP contribution in [0.1, 0.15) is 36.9 Å². The average molecular weight is 345 g/mol. The van der Waals surface area contributed by atoms with E-state index in [1.807, 2.05) is 0 Å². The van der Waals surface area contributed by atoms with E-state index in [2.05, 4.69) is 53.5 Å². The summed E-state index contributed by atoms with van der Waals surface area (Å²) in [4.78, 5) is 7.28. The second-order valence-corrected chi connectivity index (χ2v) is 7.04. The number of hydrogen-bond acceptors (Lipinski definition) is 4. The van der Waals surface area contributed by atoms with E-state index in [9.17, 15) is 0 Å². The number of halogens is 1. The molecule has 1 unspecified atom stereocenters. The monoisotopic (exact) mass is 344 g/mol. The zero-order valence-corrected chi connectivity index (χ0v) is 14.0. The molecule has 2 heterocycles. The van der Waals surface area contributed by atoms with Gasteiger partial charge >= 0.3 is 0 Å². The summed E-state index contributed by atoms with van der Waals surface area (Å²) >= 11 is 7.11. The van der Waals surface area contributed by atoms with E-state index in [0.29, 0.717) is 6.04 Å². The van der Waals surface area contributed by atoms with Crippen molar-refractivity contribution < 1.29 is 0 Å². The minimum Gasteiger partial charge on any atom is -0.309 e. The van der Waals surface area contributed by atoms with Gasteiger partial charge in [-0.1, -0.05) is 6.92 Å². The van der Waals surface area contributed by atoms with E-state index in [1.54, 1.807) is 22.7 Å². The Hall–Kier alpha value is -0.230. The molecular formula is C13H17BrN2S2. The fraction of sp³-hybridized carbons (Fsp3) is 0.462. The van der Waals surface area contributed by atoms with Crippen LogP contribution >= 0.6 is 38.6 Å². The Balaban J connectivity index is 2.24. The van der Waals surface area contributed by atoms with Gasteiger partial charge in [0.25, 0.3) is 0 Å². The number of nitrogens with one attached hydrogen (secondary N) is 1. The zero-order chi connectivity index (χ0) is 13.1. The predicted octanol–water partition coefficient (Wildman–Crippen LogP) is 5.00. The highest BCUT2D eigenvalue weighted by molar-refractivity contribution is 9.10. The van der Waals surface area contributed by atoms with Gasteiger partial charge in [-0.2, -0.15) is 0 Å². The largest absolute Gasteiger partial charge is 0.309 e. The van der Waals surface area contributed by atoms with Gasteiger partial charge < -0.3 is 5.32 Å². The first-order chi connectivity index (χ1) is 8.63. The second kappa shape index (κ2) is 6.28. The van der Waals surface area contributed by atoms with Crippen LogP contribution in [0.2, 0.25) is 0 Å². The Morgan fingerprint density at radius 3 is 2.89 bits per heavy atom. The molecule has 0 aliphatic carbocycles. The summed E-state index contributed by atoms with van der Waals surface area (Å²) in [6.07, 6.45) is 1.16. The first-order valence-corrected chi connectivity index (χ1v) is 8.56. The maximum absolute atomic E-state index is 4.70. The molecule has 0 saturated heterocycles. The van der Waals surface area contributed by atoms with Crippen LogP contribution in [0.25, 0.3) is 9.88 Å². The van der Waals surface area contributed by atoms with Gasteiger partial charge in [-0.3, -0.25) is 0 Å². The summed E-state index contributed by atoms with van der Waals surface area (Å²) in [5.74, 6) is 0. The molecule has 5 heteroatoms. The molecule has 0 aliphatic heterocycles. The molecule has 0 radical (unpaired) electrons. The summed E-state index contributed by atoms with van der Waals surface area (Å²) < 4.78 is 1.14. The summed E-state index contributed by atoms with van der Waals surface area (Å²) in [7, 11) is 0. The standard InChI is InChI=1S/C13H17BrN2S2/c1-4-6-15-8(2)11-9(3)16-13(18-11)12-10(14)5-7-17-12/h5,7-8,15H,4,6H2,1-3H3. The second-order valence-electron chi connectivity index (χ2n) is 4.24. The maximum Gasteiger partial charge on any atom is 0.135 e. The number of aryl methyl sites for hydroxylation is 1. The molecule has 98 valence electrons. The lowest BCUT2D eigenvalue weighted by Crippen LogP contribution is -2.18. The van der Waals surface area contributed by atoms with Crippen LogP contribution in [-0.4, -0.2) is 11.5 Å². The van der Waals surface area contributed by atoms with Crippen LogP contribution in [0, 0.1) is 6.92 Å². The van der Waals surface area contributed by atoms with Gasteiger partial charge in [-0.25, -0.2) is 4.98 Å². The van der Waals surface area contributed by atoms with E-state index in [-0.39, 0.29) is 0 Å². The Labute approximate surface area is 125 Å². The molecule has 18 heavy (non-hydrogen) atoms. The Morgan fingerprint density at radius 2 is 2.28 bits per heavy atom. The minimum atomic E-state index is 0.384. The molecule has 0 fully saturated rings. The molecule has 0 saturated carbocycles. The molecular weight excluding hydrogens is 328 g/mol. The first-order valence-electron chi connectivity index (χ1n) is 6.07. The highest BCUT2D eigenvalue weighted by Gasteiger charge is 2.16. The van der Waals surface area contributed by atoms with Crippen molar-refractivity contribution in [1.29, 1.82) is 0 Å². The van der Waals surface area contributed by atoms with Crippen LogP contribution in [0.15, 0.2) is 15.9 Å². The lowest BCUT2D eigenvalue weighted by molar-refractivity contribution is 0.575. The molecule has 2 nitrogen and oxygen atoms in total. The van der Waals surface area contributed by atoms with E-state index in [4.69, 9.17) is 4.98 Å². The smallest absolute Gasteiger partial charge is 0.135 e. The topological polar surface area (TPSA) is 24.9 Å². The van der Waals surface area contributed by atoms with Crippen LogP contribution in [0.3, 0.4) is 0 Å². The molecule has 0 spiro atoms. The third kappa shape index (κ3) is 3.02. The number of thiophene rings is 1. The van der Waals surface area contributed by atoms with Gasteiger partial charge in [0.05, 0.1) is 10.6 Å². The zero-order valence-electron chi connectivity index (χ0n) is 10.8. The van der Waals surface area contributed by atoms with Crippen molar-refractivity contribution >= 4 is 38.6 Å². The Bertz CT molecular complexity index is 519.